The van der Waals surface area contributed by atoms with Crippen LogP contribution in [-0.2, 0) is 36.8 Å². The summed E-state index contributed by atoms with van der Waals surface area (Å²) < 4.78 is 5.45. The molecule has 2 aromatic carbocycles. The number of nitrogens with zero attached hydrogens (tertiary/aromatic N) is 1. The standard InChI is InChI=1S/C36H47N5O7/c1-22(2)17-29(34(46)41-21-25(16-15-23-11-7-6-8-12-23)38-33(45)30(41)19-31(42)43)39-32(44)28(40-35(47)48-36(3,4)5)18-24-20-37-27-14-10-9-13-26(24)27/h6-14,20,22,25,28-30,37H,15-19,21H2,1-5H3,(H,38,45)(H,39,44)(H,40,47)(H,42,43)/t25-,28-,29-,30-/m0/s1. The van der Waals surface area contributed by atoms with Crippen molar-refractivity contribution in [1.82, 2.24) is 25.8 Å². The second-order valence-electron chi connectivity index (χ2n) is 13.8. The number of carbonyl (C=O) groups is 5. The number of carbonyl (C=O) groups excluding carboxylic acids is 4. The van der Waals surface area contributed by atoms with Crippen LogP contribution in [-0.4, -0.2) is 81.1 Å². The Hall–Kier alpha value is -4.87. The smallest absolute Gasteiger partial charge is 0.408 e. The zero-order chi connectivity index (χ0) is 35.0. The number of aromatic nitrogens is 1. The van der Waals surface area contributed by atoms with E-state index in [4.69, 9.17) is 4.74 Å². The summed E-state index contributed by atoms with van der Waals surface area (Å²) in [5.41, 5.74) is 1.91. The number of amides is 4. The topological polar surface area (TPSA) is 170 Å². The normalized spacial score (nSPS) is 17.8. The summed E-state index contributed by atoms with van der Waals surface area (Å²) in [5, 5.41) is 18.9. The highest BCUT2D eigenvalue weighted by atomic mass is 16.6. The first-order valence-corrected chi connectivity index (χ1v) is 16.4. The number of piperazine rings is 1. The largest absolute Gasteiger partial charge is 0.481 e. The molecule has 12 heteroatoms. The van der Waals surface area contributed by atoms with E-state index in [2.05, 4.69) is 20.9 Å². The van der Waals surface area contributed by atoms with E-state index < -0.39 is 66.0 Å². The molecule has 2 heterocycles. The molecule has 3 aromatic rings. The zero-order valence-electron chi connectivity index (χ0n) is 28.2. The highest BCUT2D eigenvalue weighted by molar-refractivity contribution is 5.96. The lowest BCUT2D eigenvalue weighted by Gasteiger charge is -2.41. The third kappa shape index (κ3) is 10.1. The number of hydrogen-bond acceptors (Lipinski definition) is 6. The number of hydrogen-bond donors (Lipinski definition) is 5. The first kappa shape index (κ1) is 36.0. The van der Waals surface area contributed by atoms with Crippen LogP contribution in [0.3, 0.4) is 0 Å². The summed E-state index contributed by atoms with van der Waals surface area (Å²) in [5.74, 6) is -2.97. The molecule has 5 N–H and O–H groups in total. The Morgan fingerprint density at radius 2 is 1.69 bits per heavy atom. The fourth-order valence-corrected chi connectivity index (χ4v) is 5.95. The highest BCUT2D eigenvalue weighted by Crippen LogP contribution is 2.22. The van der Waals surface area contributed by atoms with Crippen LogP contribution in [0.4, 0.5) is 4.79 Å². The molecule has 1 aliphatic heterocycles. The summed E-state index contributed by atoms with van der Waals surface area (Å²) >= 11 is 0. The molecule has 258 valence electrons. The van der Waals surface area contributed by atoms with Crippen molar-refractivity contribution < 1.29 is 33.8 Å². The maximum atomic E-state index is 14.3. The number of benzene rings is 2. The minimum absolute atomic E-state index is 0.0458. The molecule has 1 aliphatic rings. The van der Waals surface area contributed by atoms with Crippen LogP contribution >= 0.6 is 0 Å². The number of aryl methyl sites for hydroxylation is 1. The average molecular weight is 662 g/mol. The third-order valence-corrected chi connectivity index (χ3v) is 8.15. The van der Waals surface area contributed by atoms with Gasteiger partial charge in [0.2, 0.25) is 17.7 Å². The lowest BCUT2D eigenvalue weighted by molar-refractivity contribution is -0.152. The molecule has 0 aliphatic carbocycles. The number of para-hydroxylation sites is 1. The molecule has 48 heavy (non-hydrogen) atoms. The van der Waals surface area contributed by atoms with E-state index in [-0.39, 0.29) is 25.3 Å². The van der Waals surface area contributed by atoms with Crippen molar-refractivity contribution in [2.24, 2.45) is 5.92 Å². The Morgan fingerprint density at radius 1 is 1.00 bits per heavy atom. The molecule has 0 unspecified atom stereocenters. The van der Waals surface area contributed by atoms with Crippen molar-refractivity contribution in [3.05, 3.63) is 71.9 Å². The van der Waals surface area contributed by atoms with Crippen molar-refractivity contribution >= 4 is 40.7 Å². The van der Waals surface area contributed by atoms with Gasteiger partial charge in [0.15, 0.2) is 0 Å². The summed E-state index contributed by atoms with van der Waals surface area (Å²) in [7, 11) is 0. The Morgan fingerprint density at radius 3 is 2.35 bits per heavy atom. The van der Waals surface area contributed by atoms with Crippen LogP contribution < -0.4 is 16.0 Å². The maximum absolute atomic E-state index is 14.3. The summed E-state index contributed by atoms with van der Waals surface area (Å²) in [6.45, 7) is 9.04. The van der Waals surface area contributed by atoms with Gasteiger partial charge in [-0.05, 0) is 63.1 Å². The number of nitrogens with one attached hydrogen (secondary N) is 4. The van der Waals surface area contributed by atoms with Crippen molar-refractivity contribution in [2.45, 2.75) is 96.5 Å². The highest BCUT2D eigenvalue weighted by Gasteiger charge is 2.41. The molecule has 0 bridgehead atoms. The van der Waals surface area contributed by atoms with Gasteiger partial charge in [0.25, 0.3) is 0 Å². The number of H-pyrrole nitrogens is 1. The molecule has 0 saturated carbocycles. The summed E-state index contributed by atoms with van der Waals surface area (Å²) in [6.07, 6.45) is 1.93. The molecular formula is C36H47N5O7. The Labute approximate surface area is 281 Å². The van der Waals surface area contributed by atoms with Crippen LogP contribution in [0.5, 0.6) is 0 Å². The maximum Gasteiger partial charge on any atom is 0.408 e. The minimum atomic E-state index is -1.24. The van der Waals surface area contributed by atoms with Gasteiger partial charge in [-0.15, -0.1) is 0 Å². The third-order valence-electron chi connectivity index (χ3n) is 8.15. The van der Waals surface area contributed by atoms with Crippen molar-refractivity contribution in [2.75, 3.05) is 6.54 Å². The molecule has 1 saturated heterocycles. The number of aliphatic carboxylic acids is 1. The van der Waals surface area contributed by atoms with Gasteiger partial charge in [0, 0.05) is 36.1 Å². The fraction of sp³-hybridized carbons (Fsp3) is 0.472. The van der Waals surface area contributed by atoms with Gasteiger partial charge < -0.3 is 35.7 Å². The van der Waals surface area contributed by atoms with Gasteiger partial charge in [-0.25, -0.2) is 4.79 Å². The minimum Gasteiger partial charge on any atom is -0.481 e. The number of alkyl carbamates (subject to hydrolysis) is 1. The number of carboxylic acid groups (broad SMARTS) is 1. The van der Waals surface area contributed by atoms with Crippen LogP contribution in [0.2, 0.25) is 0 Å². The predicted octanol–water partition coefficient (Wildman–Crippen LogP) is 3.94. The lowest BCUT2D eigenvalue weighted by Crippen LogP contribution is -2.65. The molecular weight excluding hydrogens is 614 g/mol. The quantitative estimate of drug-likeness (QED) is 0.185. The first-order chi connectivity index (χ1) is 22.7. The van der Waals surface area contributed by atoms with Crippen molar-refractivity contribution in [1.29, 1.82) is 0 Å². The van der Waals surface area contributed by atoms with Gasteiger partial charge in [-0.3, -0.25) is 19.2 Å². The number of ether oxygens (including phenoxy) is 1. The number of aromatic amines is 1. The molecule has 1 aromatic heterocycles. The van der Waals surface area contributed by atoms with E-state index in [1.54, 1.807) is 27.0 Å². The molecule has 4 amide bonds. The average Bonchev–Trinajstić information content (AvgIpc) is 3.42. The number of rotatable bonds is 13. The predicted molar refractivity (Wildman–Crippen MR) is 181 cm³/mol. The Bertz CT molecular complexity index is 1600. The summed E-state index contributed by atoms with van der Waals surface area (Å²) in [4.78, 5) is 70.7. The van der Waals surface area contributed by atoms with E-state index in [1.165, 1.54) is 4.90 Å². The van der Waals surface area contributed by atoms with Crippen molar-refractivity contribution in [3.63, 3.8) is 0 Å². The molecule has 4 atom stereocenters. The van der Waals surface area contributed by atoms with Crippen molar-refractivity contribution in [3.8, 4) is 0 Å². The van der Waals surface area contributed by atoms with E-state index in [0.29, 0.717) is 12.8 Å². The van der Waals surface area contributed by atoms with Crippen LogP contribution in [0.25, 0.3) is 10.9 Å². The lowest BCUT2D eigenvalue weighted by atomic mass is 9.96. The van der Waals surface area contributed by atoms with E-state index in [9.17, 15) is 29.1 Å². The van der Waals surface area contributed by atoms with Crippen LogP contribution in [0.1, 0.15) is 65.0 Å². The second kappa shape index (κ2) is 15.8. The number of fused-ring (bicyclic) bond motifs is 1. The van der Waals surface area contributed by atoms with E-state index in [1.807, 2.05) is 68.4 Å². The molecule has 4 rings (SSSR count). The molecule has 0 radical (unpaired) electrons. The first-order valence-electron chi connectivity index (χ1n) is 16.4. The Kier molecular flexibility index (Phi) is 11.9. The van der Waals surface area contributed by atoms with Gasteiger partial charge >= 0.3 is 12.1 Å². The van der Waals surface area contributed by atoms with Crippen LogP contribution in [0, 0.1) is 5.92 Å². The monoisotopic (exact) mass is 661 g/mol. The van der Waals surface area contributed by atoms with E-state index >= 15 is 0 Å². The molecule has 12 nitrogen and oxygen atoms in total. The number of carboxylic acids is 1. The van der Waals surface area contributed by atoms with Gasteiger partial charge in [-0.1, -0.05) is 62.4 Å². The molecule has 1 fully saturated rings. The van der Waals surface area contributed by atoms with Gasteiger partial charge in [0.1, 0.15) is 23.7 Å². The fourth-order valence-electron chi connectivity index (χ4n) is 5.95. The Balaban J connectivity index is 1.58. The second-order valence-corrected chi connectivity index (χ2v) is 13.8. The zero-order valence-corrected chi connectivity index (χ0v) is 28.2. The van der Waals surface area contributed by atoms with E-state index in [0.717, 1.165) is 22.0 Å². The SMILES string of the molecule is CC(C)C[C@H](NC(=O)[C@H](Cc1c[nH]c2ccccc12)NC(=O)OC(C)(C)C)C(=O)N1C[C@H](CCc2ccccc2)NC(=O)[C@@H]1CC(=O)O. The summed E-state index contributed by atoms with van der Waals surface area (Å²) in [6, 6.07) is 13.5. The molecule has 0 spiro atoms. The van der Waals surface area contributed by atoms with Crippen LogP contribution in [0.15, 0.2) is 60.8 Å². The van der Waals surface area contributed by atoms with Gasteiger partial charge in [-0.2, -0.15) is 0 Å². The van der Waals surface area contributed by atoms with Gasteiger partial charge in [0.05, 0.1) is 6.42 Å².